The second-order valence-corrected chi connectivity index (χ2v) is 14.8. The molecule has 2 aliphatic heterocycles. The normalized spacial score (nSPS) is 15.7. The smallest absolute Gasteiger partial charge is 0.409 e. The molecule has 3 aromatic carbocycles. The molecule has 0 saturated carbocycles. The van der Waals surface area contributed by atoms with Crippen molar-refractivity contribution in [1.82, 2.24) is 15.1 Å². The van der Waals surface area contributed by atoms with E-state index in [0.29, 0.717) is 79.0 Å². The largest absolute Gasteiger partial charge is 0.448 e. The van der Waals surface area contributed by atoms with Crippen LogP contribution >= 0.6 is 0 Å². The minimum absolute atomic E-state index is 0.0185. The number of ether oxygens (including phenoxy) is 6. The van der Waals surface area contributed by atoms with E-state index in [-0.39, 0.29) is 60.6 Å². The molecule has 0 spiro atoms. The standard InChI is InChI=1S/C45H54N4O12/c1-48(45(55)61-30-36-33-12-6-4-10-31(33)32-11-5-7-13-34(32)36)19-21-57-23-25-59-27-29-60-28-26-58-24-22-56-20-8-2-3-16-39(50)46-37-15-9-14-35-41(37)44(54)49(43(35)53)38-17-18-40(51)47-42(38)52/h4-7,9-15,36,38H,2-3,8,16-30H2,1H3,(H,46,50)(H,47,51,52). The maximum Gasteiger partial charge on any atom is 0.409 e. The van der Waals surface area contributed by atoms with E-state index in [1.54, 1.807) is 19.2 Å². The highest BCUT2D eigenvalue weighted by Crippen LogP contribution is 2.44. The number of fused-ring (bicyclic) bond motifs is 4. The molecule has 2 N–H and O–H groups in total. The van der Waals surface area contributed by atoms with Gasteiger partial charge in [-0.15, -0.1) is 0 Å². The number of hydrogen-bond acceptors (Lipinski definition) is 12. The molecule has 16 heteroatoms. The Morgan fingerprint density at radius 1 is 0.689 bits per heavy atom. The number of hydrogen-bond donors (Lipinski definition) is 2. The summed E-state index contributed by atoms with van der Waals surface area (Å²) in [6.45, 7) is 4.96. The lowest BCUT2D eigenvalue weighted by Crippen LogP contribution is -2.54. The summed E-state index contributed by atoms with van der Waals surface area (Å²) in [7, 11) is 1.70. The average Bonchev–Trinajstić information content (AvgIpc) is 3.72. The minimum atomic E-state index is -1.08. The lowest BCUT2D eigenvalue weighted by atomic mass is 9.98. The summed E-state index contributed by atoms with van der Waals surface area (Å²) in [6, 6.07) is 20.0. The zero-order valence-corrected chi connectivity index (χ0v) is 34.5. The molecular weight excluding hydrogens is 789 g/mol. The van der Waals surface area contributed by atoms with Crippen LogP contribution < -0.4 is 10.6 Å². The van der Waals surface area contributed by atoms with Crippen LogP contribution in [0.2, 0.25) is 0 Å². The van der Waals surface area contributed by atoms with Gasteiger partial charge in [-0.25, -0.2) is 4.79 Å². The van der Waals surface area contributed by atoms with Gasteiger partial charge in [0, 0.05) is 39.0 Å². The molecule has 0 aromatic heterocycles. The molecule has 1 saturated heterocycles. The number of likely N-dealkylation sites (N-methyl/N-ethyl adjacent to an activating group) is 1. The van der Waals surface area contributed by atoms with E-state index < -0.39 is 29.7 Å². The second kappa shape index (κ2) is 22.9. The fourth-order valence-corrected chi connectivity index (χ4v) is 7.48. The summed E-state index contributed by atoms with van der Waals surface area (Å²) < 4.78 is 33.5. The summed E-state index contributed by atoms with van der Waals surface area (Å²) in [5, 5.41) is 4.91. The number of unbranched alkanes of at least 4 members (excludes halogenated alkanes) is 2. The molecule has 3 aromatic rings. The molecule has 1 fully saturated rings. The molecule has 1 unspecified atom stereocenters. The van der Waals surface area contributed by atoms with Crippen LogP contribution in [0.5, 0.6) is 0 Å². The SMILES string of the molecule is CN(CCOCCOCCOCCOCCOCCCCCC(=O)Nc1cccc2c1C(=O)N(C1CCC(=O)NC1=O)C2=O)C(=O)OCC1c2ccccc2-c2ccccc21. The first-order chi connectivity index (χ1) is 29.7. The molecule has 2 heterocycles. The molecule has 1 atom stereocenters. The lowest BCUT2D eigenvalue weighted by Gasteiger charge is -2.27. The number of carbonyl (C=O) groups is 6. The Balaban J connectivity index is 0.701. The van der Waals surface area contributed by atoms with Crippen LogP contribution in [0.15, 0.2) is 66.7 Å². The Labute approximate surface area is 355 Å². The van der Waals surface area contributed by atoms with Crippen LogP contribution in [0.1, 0.15) is 76.3 Å². The van der Waals surface area contributed by atoms with Gasteiger partial charge >= 0.3 is 6.09 Å². The molecule has 0 bridgehead atoms. The van der Waals surface area contributed by atoms with Gasteiger partial charge in [0.05, 0.1) is 76.3 Å². The number of anilines is 1. The van der Waals surface area contributed by atoms with Gasteiger partial charge in [-0.1, -0.05) is 61.0 Å². The van der Waals surface area contributed by atoms with Crippen LogP contribution in [0, 0.1) is 0 Å². The summed E-state index contributed by atoms with van der Waals surface area (Å²) >= 11 is 0. The number of rotatable bonds is 25. The predicted molar refractivity (Wildman–Crippen MR) is 222 cm³/mol. The van der Waals surface area contributed by atoms with Crippen LogP contribution in [0.3, 0.4) is 0 Å². The van der Waals surface area contributed by atoms with E-state index in [1.807, 2.05) is 24.3 Å². The highest BCUT2D eigenvalue weighted by Gasteiger charge is 2.45. The first-order valence-electron chi connectivity index (χ1n) is 20.8. The number of carbonyl (C=O) groups excluding carboxylic acids is 6. The highest BCUT2D eigenvalue weighted by atomic mass is 16.6. The highest BCUT2D eigenvalue weighted by molar-refractivity contribution is 6.26. The summed E-state index contributed by atoms with van der Waals surface area (Å²) in [6.07, 6.45) is 2.03. The van der Waals surface area contributed by atoms with Crippen molar-refractivity contribution >= 4 is 41.3 Å². The van der Waals surface area contributed by atoms with Gasteiger partial charge in [0.15, 0.2) is 0 Å². The van der Waals surface area contributed by atoms with Crippen LogP contribution in [0.25, 0.3) is 11.1 Å². The van der Waals surface area contributed by atoms with Crippen molar-refractivity contribution in [1.29, 1.82) is 0 Å². The third-order valence-electron chi connectivity index (χ3n) is 10.6. The molecule has 6 rings (SSSR count). The summed E-state index contributed by atoms with van der Waals surface area (Å²) in [4.78, 5) is 77.8. The number of imide groups is 2. The van der Waals surface area contributed by atoms with Gasteiger partial charge in [0.2, 0.25) is 17.7 Å². The van der Waals surface area contributed by atoms with Crippen molar-refractivity contribution in [3.05, 3.63) is 89.0 Å². The van der Waals surface area contributed by atoms with Gasteiger partial charge in [0.25, 0.3) is 11.8 Å². The third-order valence-corrected chi connectivity index (χ3v) is 10.6. The monoisotopic (exact) mass is 842 g/mol. The van der Waals surface area contributed by atoms with Crippen molar-refractivity contribution in [2.75, 3.05) is 91.6 Å². The summed E-state index contributed by atoms with van der Waals surface area (Å²) in [5.74, 6) is -2.71. The first kappa shape index (κ1) is 45.0. The van der Waals surface area contributed by atoms with Crippen LogP contribution in [-0.2, 0) is 42.8 Å². The van der Waals surface area contributed by atoms with Crippen LogP contribution in [-0.4, -0.2) is 138 Å². The van der Waals surface area contributed by atoms with E-state index in [9.17, 15) is 28.8 Å². The molecular formula is C45H54N4O12. The van der Waals surface area contributed by atoms with Crippen molar-refractivity contribution in [2.45, 2.75) is 50.5 Å². The number of piperidine rings is 1. The van der Waals surface area contributed by atoms with E-state index in [4.69, 9.17) is 28.4 Å². The Bertz CT molecular complexity index is 1980. The molecule has 16 nitrogen and oxygen atoms in total. The van der Waals surface area contributed by atoms with Crippen molar-refractivity contribution < 1.29 is 57.2 Å². The van der Waals surface area contributed by atoms with Gasteiger partial charge < -0.3 is 38.6 Å². The van der Waals surface area contributed by atoms with Crippen molar-refractivity contribution in [3.63, 3.8) is 0 Å². The maximum absolute atomic E-state index is 13.2. The Morgan fingerprint density at radius 2 is 1.26 bits per heavy atom. The van der Waals surface area contributed by atoms with Gasteiger partial charge in [-0.3, -0.25) is 34.2 Å². The number of amides is 6. The predicted octanol–water partition coefficient (Wildman–Crippen LogP) is 4.55. The Hall–Kier alpha value is -5.52. The Morgan fingerprint density at radius 3 is 1.89 bits per heavy atom. The van der Waals surface area contributed by atoms with Gasteiger partial charge in [-0.2, -0.15) is 0 Å². The van der Waals surface area contributed by atoms with E-state index in [0.717, 1.165) is 17.7 Å². The molecule has 326 valence electrons. The number of nitrogens with one attached hydrogen (secondary N) is 2. The van der Waals surface area contributed by atoms with Gasteiger partial charge in [-0.05, 0) is 53.6 Å². The topological polar surface area (TPSA) is 188 Å². The average molecular weight is 843 g/mol. The maximum atomic E-state index is 13.2. The molecule has 6 amide bonds. The molecule has 3 aliphatic rings. The van der Waals surface area contributed by atoms with Gasteiger partial charge in [0.1, 0.15) is 12.6 Å². The molecule has 0 radical (unpaired) electrons. The van der Waals surface area contributed by atoms with Crippen molar-refractivity contribution in [2.24, 2.45) is 0 Å². The number of benzene rings is 3. The fourth-order valence-electron chi connectivity index (χ4n) is 7.48. The first-order valence-corrected chi connectivity index (χ1v) is 20.8. The summed E-state index contributed by atoms with van der Waals surface area (Å²) in [5.41, 5.74) is 5.11. The zero-order valence-electron chi connectivity index (χ0n) is 34.5. The second-order valence-electron chi connectivity index (χ2n) is 14.8. The molecule has 1 aliphatic carbocycles. The fraction of sp³-hybridized carbons (Fsp3) is 0.467. The quantitative estimate of drug-likeness (QED) is 0.0897. The Kier molecular flexibility index (Phi) is 16.9. The minimum Gasteiger partial charge on any atom is -0.448 e. The van der Waals surface area contributed by atoms with Crippen LogP contribution in [0.4, 0.5) is 10.5 Å². The van der Waals surface area contributed by atoms with E-state index in [2.05, 4.69) is 34.9 Å². The van der Waals surface area contributed by atoms with Crippen molar-refractivity contribution in [3.8, 4) is 11.1 Å². The third kappa shape index (κ3) is 12.1. The molecule has 61 heavy (non-hydrogen) atoms. The van der Waals surface area contributed by atoms with E-state index >= 15 is 0 Å². The number of nitrogens with zero attached hydrogens (tertiary/aromatic N) is 2. The van der Waals surface area contributed by atoms with E-state index in [1.165, 1.54) is 33.2 Å². The zero-order chi connectivity index (χ0) is 43.0. The lowest BCUT2D eigenvalue weighted by molar-refractivity contribution is -0.136.